The number of rotatable bonds is 2. The minimum absolute atomic E-state index is 0.337. The standard InChI is InChI=1S/C9H16IN3/c1-9(2,3)4-5-13-8(11)7(10)6-12-13/h6H,4-5,11H2,1-3H3. The van der Waals surface area contributed by atoms with Gasteiger partial charge >= 0.3 is 0 Å². The molecule has 0 radical (unpaired) electrons. The minimum Gasteiger partial charge on any atom is -0.383 e. The summed E-state index contributed by atoms with van der Waals surface area (Å²) in [5, 5.41) is 4.20. The van der Waals surface area contributed by atoms with Gasteiger partial charge in [0, 0.05) is 6.54 Å². The monoisotopic (exact) mass is 293 g/mol. The molecule has 0 unspecified atom stereocenters. The summed E-state index contributed by atoms with van der Waals surface area (Å²) in [6.45, 7) is 7.56. The average molecular weight is 293 g/mol. The van der Waals surface area contributed by atoms with Gasteiger partial charge in [-0.25, -0.2) is 4.68 Å². The van der Waals surface area contributed by atoms with Crippen LogP contribution in [0.3, 0.4) is 0 Å². The molecule has 0 fully saturated rings. The Hall–Kier alpha value is -0.260. The molecular weight excluding hydrogens is 277 g/mol. The van der Waals surface area contributed by atoms with Crippen LogP contribution in [0, 0.1) is 8.99 Å². The predicted molar refractivity (Wildman–Crippen MR) is 63.4 cm³/mol. The van der Waals surface area contributed by atoms with Crippen molar-refractivity contribution in [2.45, 2.75) is 33.7 Å². The summed E-state index contributed by atoms with van der Waals surface area (Å²) in [5.74, 6) is 0.782. The van der Waals surface area contributed by atoms with E-state index in [-0.39, 0.29) is 0 Å². The van der Waals surface area contributed by atoms with E-state index in [1.807, 2.05) is 4.68 Å². The second-order valence-electron chi connectivity index (χ2n) is 4.41. The third-order valence-electron chi connectivity index (χ3n) is 1.91. The molecule has 4 heteroatoms. The average Bonchev–Trinajstić information content (AvgIpc) is 2.29. The molecule has 1 heterocycles. The third-order valence-corrected chi connectivity index (χ3v) is 2.74. The smallest absolute Gasteiger partial charge is 0.135 e. The highest BCUT2D eigenvalue weighted by atomic mass is 127. The van der Waals surface area contributed by atoms with Crippen LogP contribution in [-0.4, -0.2) is 9.78 Å². The van der Waals surface area contributed by atoms with Gasteiger partial charge in [-0.1, -0.05) is 20.8 Å². The van der Waals surface area contributed by atoms with Gasteiger partial charge in [0.1, 0.15) is 5.82 Å². The summed E-state index contributed by atoms with van der Waals surface area (Å²) in [7, 11) is 0. The molecule has 13 heavy (non-hydrogen) atoms. The van der Waals surface area contributed by atoms with Crippen LogP contribution in [0.4, 0.5) is 5.82 Å². The van der Waals surface area contributed by atoms with Crippen LogP contribution in [-0.2, 0) is 6.54 Å². The Kier molecular flexibility index (Phi) is 3.21. The number of anilines is 1. The maximum atomic E-state index is 5.82. The lowest BCUT2D eigenvalue weighted by Gasteiger charge is -2.17. The van der Waals surface area contributed by atoms with Gasteiger partial charge in [0.15, 0.2) is 0 Å². The number of aryl methyl sites for hydroxylation is 1. The van der Waals surface area contributed by atoms with E-state index in [4.69, 9.17) is 5.73 Å². The summed E-state index contributed by atoms with van der Waals surface area (Å²) < 4.78 is 2.90. The molecule has 0 bridgehead atoms. The van der Waals surface area contributed by atoms with Crippen LogP contribution >= 0.6 is 22.6 Å². The molecule has 1 aromatic heterocycles. The highest BCUT2D eigenvalue weighted by molar-refractivity contribution is 14.1. The maximum absolute atomic E-state index is 5.82. The number of hydrogen-bond acceptors (Lipinski definition) is 2. The zero-order chi connectivity index (χ0) is 10.1. The molecule has 0 saturated heterocycles. The molecule has 0 spiro atoms. The Morgan fingerprint density at radius 2 is 2.15 bits per heavy atom. The van der Waals surface area contributed by atoms with E-state index in [2.05, 4.69) is 48.5 Å². The van der Waals surface area contributed by atoms with Crippen LogP contribution in [0.15, 0.2) is 6.20 Å². The van der Waals surface area contributed by atoms with Gasteiger partial charge in [-0.15, -0.1) is 0 Å². The minimum atomic E-state index is 0.337. The Labute approximate surface area is 92.8 Å². The molecule has 0 atom stereocenters. The van der Waals surface area contributed by atoms with Crippen LogP contribution in [0.1, 0.15) is 27.2 Å². The van der Waals surface area contributed by atoms with E-state index >= 15 is 0 Å². The molecule has 0 amide bonds. The van der Waals surface area contributed by atoms with Crippen molar-refractivity contribution in [3.8, 4) is 0 Å². The highest BCUT2D eigenvalue weighted by Crippen LogP contribution is 2.21. The molecule has 0 aliphatic rings. The zero-order valence-corrected chi connectivity index (χ0v) is 10.5. The number of aromatic nitrogens is 2. The summed E-state index contributed by atoms with van der Waals surface area (Å²) in [5.41, 5.74) is 6.16. The van der Waals surface area contributed by atoms with Gasteiger partial charge in [0.05, 0.1) is 9.77 Å². The Morgan fingerprint density at radius 1 is 1.54 bits per heavy atom. The number of halogens is 1. The quantitative estimate of drug-likeness (QED) is 0.851. The van der Waals surface area contributed by atoms with E-state index in [9.17, 15) is 0 Å². The highest BCUT2D eigenvalue weighted by Gasteiger charge is 2.12. The molecule has 0 saturated carbocycles. The normalized spacial score (nSPS) is 12.0. The molecule has 0 aliphatic heterocycles. The fraction of sp³-hybridized carbons (Fsp3) is 0.667. The van der Waals surface area contributed by atoms with Crippen molar-refractivity contribution in [2.75, 3.05) is 5.73 Å². The molecule has 1 rings (SSSR count). The fourth-order valence-corrected chi connectivity index (χ4v) is 1.39. The van der Waals surface area contributed by atoms with Gasteiger partial charge in [-0.3, -0.25) is 0 Å². The number of nitrogens with two attached hydrogens (primary N) is 1. The molecule has 3 nitrogen and oxygen atoms in total. The summed E-state index contributed by atoms with van der Waals surface area (Å²) in [4.78, 5) is 0. The predicted octanol–water partition coefficient (Wildman–Crippen LogP) is 2.51. The molecule has 2 N–H and O–H groups in total. The first-order valence-corrected chi connectivity index (χ1v) is 5.45. The second kappa shape index (κ2) is 3.86. The van der Waals surface area contributed by atoms with Gasteiger partial charge in [-0.2, -0.15) is 5.10 Å². The van der Waals surface area contributed by atoms with Crippen molar-refractivity contribution >= 4 is 28.4 Å². The Bertz CT molecular complexity index is 286. The number of nitrogen functional groups attached to an aromatic ring is 1. The van der Waals surface area contributed by atoms with Crippen LogP contribution < -0.4 is 5.73 Å². The number of nitrogens with zero attached hydrogens (tertiary/aromatic N) is 2. The largest absolute Gasteiger partial charge is 0.383 e. The maximum Gasteiger partial charge on any atom is 0.135 e. The molecule has 0 aromatic carbocycles. The first kappa shape index (κ1) is 10.8. The van der Waals surface area contributed by atoms with Crippen LogP contribution in [0.2, 0.25) is 0 Å². The van der Waals surface area contributed by atoms with E-state index in [1.54, 1.807) is 6.20 Å². The van der Waals surface area contributed by atoms with Crippen LogP contribution in [0.5, 0.6) is 0 Å². The topological polar surface area (TPSA) is 43.8 Å². The SMILES string of the molecule is CC(C)(C)CCn1ncc(I)c1N. The van der Waals surface area contributed by atoms with E-state index < -0.39 is 0 Å². The van der Waals surface area contributed by atoms with Crippen LogP contribution in [0.25, 0.3) is 0 Å². The van der Waals surface area contributed by atoms with Gasteiger partial charge in [-0.05, 0) is 34.4 Å². The number of hydrogen-bond donors (Lipinski definition) is 1. The van der Waals surface area contributed by atoms with Crippen molar-refractivity contribution < 1.29 is 0 Å². The fourth-order valence-electron chi connectivity index (χ4n) is 0.992. The molecule has 74 valence electrons. The second-order valence-corrected chi connectivity index (χ2v) is 5.57. The van der Waals surface area contributed by atoms with Gasteiger partial charge in [0.2, 0.25) is 0 Å². The Morgan fingerprint density at radius 3 is 2.54 bits per heavy atom. The molecule has 0 aliphatic carbocycles. The van der Waals surface area contributed by atoms with Crippen molar-refractivity contribution in [2.24, 2.45) is 5.41 Å². The van der Waals surface area contributed by atoms with Crippen molar-refractivity contribution in [3.05, 3.63) is 9.77 Å². The zero-order valence-electron chi connectivity index (χ0n) is 8.34. The lowest BCUT2D eigenvalue weighted by molar-refractivity contribution is 0.342. The Balaban J connectivity index is 2.60. The van der Waals surface area contributed by atoms with E-state index in [1.165, 1.54) is 0 Å². The third kappa shape index (κ3) is 3.17. The van der Waals surface area contributed by atoms with Gasteiger partial charge < -0.3 is 5.73 Å². The summed E-state index contributed by atoms with van der Waals surface area (Å²) in [6, 6.07) is 0. The van der Waals surface area contributed by atoms with E-state index in [0.717, 1.165) is 22.4 Å². The first-order chi connectivity index (χ1) is 5.90. The van der Waals surface area contributed by atoms with Gasteiger partial charge in [0.25, 0.3) is 0 Å². The summed E-state index contributed by atoms with van der Waals surface area (Å²) >= 11 is 2.20. The lowest BCUT2D eigenvalue weighted by atomic mass is 9.92. The summed E-state index contributed by atoms with van der Waals surface area (Å²) in [6.07, 6.45) is 2.90. The van der Waals surface area contributed by atoms with Crippen molar-refractivity contribution in [1.29, 1.82) is 0 Å². The first-order valence-electron chi connectivity index (χ1n) is 4.37. The molecule has 1 aromatic rings. The van der Waals surface area contributed by atoms with Crippen molar-refractivity contribution in [1.82, 2.24) is 9.78 Å². The van der Waals surface area contributed by atoms with Crippen molar-refractivity contribution in [3.63, 3.8) is 0 Å². The lowest BCUT2D eigenvalue weighted by Crippen LogP contribution is -2.12. The molecular formula is C9H16IN3. The van der Waals surface area contributed by atoms with E-state index in [0.29, 0.717) is 5.41 Å².